The minimum absolute atomic E-state index is 0. The van der Waals surface area contributed by atoms with Crippen LogP contribution in [0.4, 0.5) is 0 Å². The molecule has 0 bridgehead atoms. The Labute approximate surface area is 143 Å². The van der Waals surface area contributed by atoms with Gasteiger partial charge in [0.25, 0.3) is 0 Å². The van der Waals surface area contributed by atoms with Crippen LogP contribution in [-0.2, 0) is 32.7 Å². The SMILES string of the molecule is C.C.C.CC(C)C1CC1.CC(C)N1CCCC1.[Y]. The van der Waals surface area contributed by atoms with Gasteiger partial charge < -0.3 is 4.90 Å². The zero-order valence-electron chi connectivity index (χ0n) is 11.0. The Hall–Kier alpha value is 1.06. The molecule has 1 saturated heterocycles. The molecule has 0 aromatic carbocycles. The molecule has 111 valence electrons. The first-order valence-electron chi connectivity index (χ1n) is 6.35. The summed E-state index contributed by atoms with van der Waals surface area (Å²) >= 11 is 0. The molecule has 2 heteroatoms. The first-order chi connectivity index (χ1) is 6.61. The van der Waals surface area contributed by atoms with Gasteiger partial charge in [0, 0.05) is 38.8 Å². The smallest absolute Gasteiger partial charge is 0.00385 e. The van der Waals surface area contributed by atoms with Crippen molar-refractivity contribution in [3.8, 4) is 0 Å². The van der Waals surface area contributed by atoms with Gasteiger partial charge in [0.2, 0.25) is 0 Å². The average Bonchev–Trinajstić information content (AvgIpc) is 2.82. The van der Waals surface area contributed by atoms with Crippen LogP contribution in [0, 0.1) is 11.8 Å². The molecule has 0 unspecified atom stereocenters. The van der Waals surface area contributed by atoms with Crippen molar-refractivity contribution in [2.75, 3.05) is 13.1 Å². The van der Waals surface area contributed by atoms with Gasteiger partial charge in [0.1, 0.15) is 0 Å². The zero-order valence-corrected chi connectivity index (χ0v) is 13.8. The van der Waals surface area contributed by atoms with E-state index in [1.165, 1.54) is 38.8 Å². The summed E-state index contributed by atoms with van der Waals surface area (Å²) in [6.45, 7) is 11.8. The van der Waals surface area contributed by atoms with Crippen molar-refractivity contribution < 1.29 is 32.7 Å². The Morgan fingerprint density at radius 3 is 1.33 bits per heavy atom. The maximum absolute atomic E-state index is 2.53. The predicted octanol–water partition coefficient (Wildman–Crippen LogP) is 5.45. The zero-order chi connectivity index (χ0) is 10.6. The van der Waals surface area contributed by atoms with E-state index in [1.54, 1.807) is 0 Å². The van der Waals surface area contributed by atoms with Crippen LogP contribution >= 0.6 is 0 Å². The Morgan fingerprint density at radius 2 is 1.22 bits per heavy atom. The third kappa shape index (κ3) is 12.1. The summed E-state index contributed by atoms with van der Waals surface area (Å²) in [6, 6.07) is 0.775. The van der Waals surface area contributed by atoms with Gasteiger partial charge in [-0.1, -0.05) is 36.1 Å². The summed E-state index contributed by atoms with van der Waals surface area (Å²) in [5.41, 5.74) is 0. The summed E-state index contributed by atoms with van der Waals surface area (Å²) in [4.78, 5) is 2.53. The normalized spacial score (nSPS) is 17.7. The van der Waals surface area contributed by atoms with E-state index in [1.807, 2.05) is 0 Å². The fourth-order valence-electron chi connectivity index (χ4n) is 2.02. The standard InChI is InChI=1S/C7H15N.C6H12.3CH4.Y/c1-7(2)8-5-3-4-6-8;1-5(2)6-3-4-6;;;;/h7H,3-6H2,1-2H3;5-6H,3-4H2,1-2H3;3*1H4;. The largest absolute Gasteiger partial charge is 0.301 e. The second kappa shape index (κ2) is 14.5. The molecule has 0 atom stereocenters. The molecule has 0 aromatic heterocycles. The first kappa shape index (κ1) is 27.4. The first-order valence-corrected chi connectivity index (χ1v) is 6.35. The Balaban J connectivity index is -0.0000000910. The van der Waals surface area contributed by atoms with Gasteiger partial charge in [0.15, 0.2) is 0 Å². The number of hydrogen-bond donors (Lipinski definition) is 0. The summed E-state index contributed by atoms with van der Waals surface area (Å²) in [7, 11) is 0. The number of nitrogens with zero attached hydrogens (tertiary/aromatic N) is 1. The molecule has 1 aliphatic heterocycles. The molecule has 2 fully saturated rings. The molecule has 1 saturated carbocycles. The minimum Gasteiger partial charge on any atom is -0.301 e. The second-order valence-corrected chi connectivity index (χ2v) is 5.42. The molecule has 0 amide bonds. The van der Waals surface area contributed by atoms with E-state index in [2.05, 4.69) is 32.6 Å². The summed E-state index contributed by atoms with van der Waals surface area (Å²) in [5.74, 6) is 2.06. The molecule has 1 radical (unpaired) electrons. The number of likely N-dealkylation sites (tertiary alicyclic amines) is 1. The Kier molecular flexibility index (Phi) is 22.0. The van der Waals surface area contributed by atoms with Crippen LogP contribution in [0.2, 0.25) is 0 Å². The fraction of sp³-hybridized carbons (Fsp3) is 1.00. The van der Waals surface area contributed by atoms with Crippen molar-refractivity contribution in [1.29, 1.82) is 0 Å². The van der Waals surface area contributed by atoms with Crippen LogP contribution < -0.4 is 0 Å². The molecule has 1 heterocycles. The topological polar surface area (TPSA) is 3.24 Å². The molecular formula is C16H39NY. The van der Waals surface area contributed by atoms with E-state index in [9.17, 15) is 0 Å². The van der Waals surface area contributed by atoms with Gasteiger partial charge in [-0.25, -0.2) is 0 Å². The van der Waals surface area contributed by atoms with Crippen molar-refractivity contribution in [2.45, 2.75) is 81.7 Å². The third-order valence-electron chi connectivity index (χ3n) is 3.44. The van der Waals surface area contributed by atoms with E-state index < -0.39 is 0 Å². The van der Waals surface area contributed by atoms with Gasteiger partial charge in [0.05, 0.1) is 0 Å². The molecule has 2 rings (SSSR count). The number of hydrogen-bond acceptors (Lipinski definition) is 1. The molecule has 0 N–H and O–H groups in total. The van der Waals surface area contributed by atoms with Gasteiger partial charge in [-0.2, -0.15) is 0 Å². The maximum atomic E-state index is 2.53. The van der Waals surface area contributed by atoms with Gasteiger partial charge in [-0.15, -0.1) is 0 Å². The maximum Gasteiger partial charge on any atom is 0.00385 e. The molecular weight excluding hydrogens is 295 g/mol. The Bertz CT molecular complexity index is 147. The van der Waals surface area contributed by atoms with Crippen LogP contribution in [0.3, 0.4) is 0 Å². The van der Waals surface area contributed by atoms with E-state index in [0.29, 0.717) is 0 Å². The molecule has 1 nitrogen and oxygen atoms in total. The molecule has 0 spiro atoms. The van der Waals surface area contributed by atoms with E-state index >= 15 is 0 Å². The summed E-state index contributed by atoms with van der Waals surface area (Å²) < 4.78 is 0. The molecule has 0 aromatic rings. The van der Waals surface area contributed by atoms with E-state index in [0.717, 1.165) is 17.9 Å². The molecule has 2 aliphatic rings. The second-order valence-electron chi connectivity index (χ2n) is 5.42. The van der Waals surface area contributed by atoms with Gasteiger partial charge in [-0.05, 0) is 64.5 Å². The van der Waals surface area contributed by atoms with Crippen LogP contribution in [-0.4, -0.2) is 24.0 Å². The average molecular weight is 334 g/mol. The molecule has 1 aliphatic carbocycles. The van der Waals surface area contributed by atoms with Crippen molar-refractivity contribution >= 4 is 0 Å². The van der Waals surface area contributed by atoms with Crippen LogP contribution in [0.15, 0.2) is 0 Å². The van der Waals surface area contributed by atoms with Gasteiger partial charge in [-0.3, -0.25) is 0 Å². The Morgan fingerprint density at radius 1 is 0.833 bits per heavy atom. The van der Waals surface area contributed by atoms with Crippen molar-refractivity contribution in [1.82, 2.24) is 4.90 Å². The van der Waals surface area contributed by atoms with Crippen molar-refractivity contribution in [3.05, 3.63) is 0 Å². The fourth-order valence-corrected chi connectivity index (χ4v) is 2.02. The summed E-state index contributed by atoms with van der Waals surface area (Å²) in [6.07, 6.45) is 5.83. The van der Waals surface area contributed by atoms with Crippen molar-refractivity contribution in [3.63, 3.8) is 0 Å². The third-order valence-corrected chi connectivity index (χ3v) is 3.44. The summed E-state index contributed by atoms with van der Waals surface area (Å²) in [5, 5.41) is 0. The van der Waals surface area contributed by atoms with Crippen LogP contribution in [0.1, 0.15) is 75.7 Å². The monoisotopic (exact) mass is 334 g/mol. The minimum atomic E-state index is 0. The molecule has 18 heavy (non-hydrogen) atoms. The van der Waals surface area contributed by atoms with E-state index in [4.69, 9.17) is 0 Å². The van der Waals surface area contributed by atoms with E-state index in [-0.39, 0.29) is 55.0 Å². The quantitative estimate of drug-likeness (QED) is 0.649. The van der Waals surface area contributed by atoms with Gasteiger partial charge >= 0.3 is 0 Å². The number of rotatable bonds is 2. The van der Waals surface area contributed by atoms with Crippen LogP contribution in [0.5, 0.6) is 0 Å². The predicted molar refractivity (Wildman–Crippen MR) is 83.7 cm³/mol. The van der Waals surface area contributed by atoms with Crippen molar-refractivity contribution in [2.24, 2.45) is 11.8 Å². The van der Waals surface area contributed by atoms with Crippen LogP contribution in [0.25, 0.3) is 0 Å².